The molecular formula is C19H30N4O8S. The first kappa shape index (κ1) is 27.4. The number of ether oxygens (including phenoxy) is 3. The van der Waals surface area contributed by atoms with Crippen molar-refractivity contribution in [2.45, 2.75) is 13.3 Å². The smallest absolute Gasteiger partial charge is 0.334 e. The van der Waals surface area contributed by atoms with Gasteiger partial charge in [-0.2, -0.15) is 12.6 Å². The van der Waals surface area contributed by atoms with Crippen LogP contribution in [0.2, 0.25) is 0 Å². The van der Waals surface area contributed by atoms with Crippen molar-refractivity contribution in [3.8, 4) is 11.5 Å². The van der Waals surface area contributed by atoms with Gasteiger partial charge in [-0.05, 0) is 6.92 Å². The Bertz CT molecular complexity index is 819. The molecule has 0 spiro atoms. The molecule has 0 aromatic heterocycles. The molecule has 1 atom stereocenters. The fraction of sp³-hybridized carbons (Fsp3) is 0.579. The van der Waals surface area contributed by atoms with Crippen molar-refractivity contribution in [3.63, 3.8) is 0 Å². The van der Waals surface area contributed by atoms with Crippen LogP contribution in [0, 0.1) is 27.3 Å². The standard InChI is InChI=1S/C19H30N4O8S/c1-5-23(2,3)8-6-9-30-10-11-31-18-15(29-4)13-14(21(25)26)16(17(18)22(27)28)19(24)20-7-12-32/h13,32H,2,5-12H2,1,3-4H3,(H,20,24). The Hall–Kier alpha value is -2.64. The molecule has 1 N–H and O–H groups in total. The van der Waals surface area contributed by atoms with Crippen LogP contribution in [0.4, 0.5) is 11.4 Å². The molecule has 1 unspecified atom stereocenters. The number of rotatable bonds is 15. The van der Waals surface area contributed by atoms with Crippen LogP contribution in [0.3, 0.4) is 0 Å². The molecule has 0 aliphatic carbocycles. The summed E-state index contributed by atoms with van der Waals surface area (Å²) in [6.07, 6.45) is 0.768. The van der Waals surface area contributed by atoms with E-state index in [-0.39, 0.29) is 37.0 Å². The number of hydrogen-bond acceptors (Lipinski definition) is 9. The van der Waals surface area contributed by atoms with Crippen molar-refractivity contribution >= 4 is 29.9 Å². The predicted octanol–water partition coefficient (Wildman–Crippen LogP) is 2.21. The maximum atomic E-state index is 12.5. The third-order valence-corrected chi connectivity index (χ3v) is 4.87. The number of nitrogens with zero attached hydrogens (tertiary/aromatic N) is 3. The van der Waals surface area contributed by atoms with E-state index in [4.69, 9.17) is 14.2 Å². The molecule has 0 saturated carbocycles. The molecule has 180 valence electrons. The summed E-state index contributed by atoms with van der Waals surface area (Å²) >= 11 is 3.95. The highest BCUT2D eigenvalue weighted by Crippen LogP contribution is 2.44. The van der Waals surface area contributed by atoms with Crippen molar-refractivity contribution in [2.75, 3.05) is 59.4 Å². The molecule has 1 rings (SSSR count). The van der Waals surface area contributed by atoms with Gasteiger partial charge in [0.1, 0.15) is 6.61 Å². The molecule has 0 heterocycles. The maximum Gasteiger partial charge on any atom is 0.334 e. The molecule has 0 aliphatic rings. The van der Waals surface area contributed by atoms with Gasteiger partial charge in [-0.1, -0.05) is 0 Å². The zero-order valence-electron chi connectivity index (χ0n) is 18.5. The number of amides is 1. The monoisotopic (exact) mass is 474 g/mol. The second-order valence-corrected chi connectivity index (χ2v) is 7.57. The lowest BCUT2D eigenvalue weighted by Crippen LogP contribution is -2.38. The van der Waals surface area contributed by atoms with Crippen LogP contribution in [0.15, 0.2) is 6.07 Å². The molecule has 0 radical (unpaired) electrons. The Balaban J connectivity index is 3.05. The third kappa shape index (κ3) is 7.80. The van der Waals surface area contributed by atoms with Crippen LogP contribution in [0.5, 0.6) is 11.5 Å². The number of nitro groups is 2. The first-order valence-corrected chi connectivity index (χ1v) is 10.5. The van der Waals surface area contributed by atoms with Crippen LogP contribution in [0.1, 0.15) is 23.7 Å². The van der Waals surface area contributed by atoms with Gasteiger partial charge in [0.25, 0.3) is 11.6 Å². The molecular weight excluding hydrogens is 444 g/mol. The summed E-state index contributed by atoms with van der Waals surface area (Å²) in [6, 6.07) is 0.927. The summed E-state index contributed by atoms with van der Waals surface area (Å²) in [5.41, 5.74) is -2.33. The molecule has 1 amide bonds. The second kappa shape index (κ2) is 13.0. The fourth-order valence-corrected chi connectivity index (χ4v) is 2.83. The van der Waals surface area contributed by atoms with Crippen molar-refractivity contribution in [2.24, 2.45) is 0 Å². The minimum atomic E-state index is -0.980. The minimum Gasteiger partial charge on any atom is -0.492 e. The first-order chi connectivity index (χ1) is 15.1. The summed E-state index contributed by atoms with van der Waals surface area (Å²) in [5, 5.41) is 25.6. The number of carbonyl (C=O) groups is 1. The van der Waals surface area contributed by atoms with Gasteiger partial charge < -0.3 is 24.0 Å². The highest BCUT2D eigenvalue weighted by atomic mass is 32.1. The van der Waals surface area contributed by atoms with Gasteiger partial charge in [0, 0.05) is 25.8 Å². The topological polar surface area (TPSA) is 143 Å². The summed E-state index contributed by atoms with van der Waals surface area (Å²) in [5.74, 6) is -1.35. The normalized spacial score (nSPS) is 12.7. The number of carbonyl (C=O) groups excluding carboxylic acids is 1. The minimum absolute atomic E-state index is 0.0649. The third-order valence-electron chi connectivity index (χ3n) is 4.65. The number of nitrogens with one attached hydrogen (secondary N) is 1. The molecule has 0 saturated heterocycles. The SMILES string of the molecule is [CH2-][N+](C)(CC)CCCOCCOc1c(OC)cc([N+](=O)[O-])c(C(=O)NCCS)c1[N+](=O)[O-]. The largest absolute Gasteiger partial charge is 0.492 e. The highest BCUT2D eigenvalue weighted by Gasteiger charge is 2.38. The molecule has 32 heavy (non-hydrogen) atoms. The van der Waals surface area contributed by atoms with Crippen molar-refractivity contribution < 1.29 is 33.3 Å². The summed E-state index contributed by atoms with van der Waals surface area (Å²) in [6.45, 7) is 4.29. The number of hydrogen-bond donors (Lipinski definition) is 2. The van der Waals surface area contributed by atoms with E-state index in [1.54, 1.807) is 0 Å². The van der Waals surface area contributed by atoms with E-state index in [0.29, 0.717) is 11.1 Å². The molecule has 12 nitrogen and oxygen atoms in total. The quantitative estimate of drug-likeness (QED) is 0.0983. The first-order valence-electron chi connectivity index (χ1n) is 9.91. The Morgan fingerprint density at radius 3 is 2.47 bits per heavy atom. The average Bonchev–Trinajstić information content (AvgIpc) is 2.75. The van der Waals surface area contributed by atoms with Gasteiger partial charge in [-0.25, -0.2) is 0 Å². The Morgan fingerprint density at radius 2 is 1.94 bits per heavy atom. The van der Waals surface area contributed by atoms with Crippen LogP contribution < -0.4 is 14.8 Å². The average molecular weight is 475 g/mol. The number of benzene rings is 1. The van der Waals surface area contributed by atoms with E-state index < -0.39 is 32.7 Å². The molecule has 0 aliphatic heterocycles. The summed E-state index contributed by atoms with van der Waals surface area (Å²) in [7, 11) is 7.26. The zero-order valence-corrected chi connectivity index (χ0v) is 19.4. The van der Waals surface area contributed by atoms with Crippen molar-refractivity contribution in [1.29, 1.82) is 0 Å². The van der Waals surface area contributed by atoms with Gasteiger partial charge >= 0.3 is 5.69 Å². The Morgan fingerprint density at radius 1 is 1.25 bits per heavy atom. The van der Waals surface area contributed by atoms with E-state index >= 15 is 0 Å². The van der Waals surface area contributed by atoms with Crippen molar-refractivity contribution in [3.05, 3.63) is 38.9 Å². The molecule has 0 fully saturated rings. The number of methoxy groups -OCH3 is 1. The predicted molar refractivity (Wildman–Crippen MR) is 120 cm³/mol. The highest BCUT2D eigenvalue weighted by molar-refractivity contribution is 7.80. The lowest BCUT2D eigenvalue weighted by Gasteiger charge is -2.36. The van der Waals surface area contributed by atoms with Gasteiger partial charge in [-0.15, -0.1) is 7.05 Å². The lowest BCUT2D eigenvalue weighted by molar-refractivity contribution is -0.864. The fourth-order valence-electron chi connectivity index (χ4n) is 2.72. The van der Waals surface area contributed by atoms with E-state index in [2.05, 4.69) is 25.0 Å². The van der Waals surface area contributed by atoms with E-state index in [1.165, 1.54) is 7.11 Å². The molecule has 1 aromatic rings. The number of quaternary nitrogens is 1. The van der Waals surface area contributed by atoms with Crippen molar-refractivity contribution in [1.82, 2.24) is 5.32 Å². The van der Waals surface area contributed by atoms with Crippen LogP contribution in [0.25, 0.3) is 0 Å². The van der Waals surface area contributed by atoms with Crippen LogP contribution >= 0.6 is 12.6 Å². The molecule has 13 heteroatoms. The van der Waals surface area contributed by atoms with E-state index in [9.17, 15) is 25.0 Å². The Kier molecular flexibility index (Phi) is 11.2. The number of nitro benzene ring substituents is 2. The molecule has 0 bridgehead atoms. The van der Waals surface area contributed by atoms with Crippen LogP contribution in [-0.4, -0.2) is 79.6 Å². The zero-order chi connectivity index (χ0) is 24.3. The molecule has 1 aromatic carbocycles. The van der Waals surface area contributed by atoms with E-state index in [1.807, 2.05) is 14.0 Å². The van der Waals surface area contributed by atoms with E-state index in [0.717, 1.165) is 25.6 Å². The number of thiol groups is 1. The summed E-state index contributed by atoms with van der Waals surface area (Å²) in [4.78, 5) is 33.9. The second-order valence-electron chi connectivity index (χ2n) is 7.12. The van der Waals surface area contributed by atoms with Gasteiger partial charge in [0.05, 0.1) is 49.3 Å². The van der Waals surface area contributed by atoms with Gasteiger partial charge in [0.2, 0.25) is 5.75 Å². The van der Waals surface area contributed by atoms with Crippen LogP contribution in [-0.2, 0) is 4.74 Å². The van der Waals surface area contributed by atoms with Gasteiger partial charge in [-0.3, -0.25) is 25.0 Å². The summed E-state index contributed by atoms with van der Waals surface area (Å²) < 4.78 is 16.7. The maximum absolute atomic E-state index is 12.5. The van der Waals surface area contributed by atoms with Gasteiger partial charge in [0.15, 0.2) is 11.3 Å². The Labute approximate surface area is 192 Å². The lowest BCUT2D eigenvalue weighted by atomic mass is 10.1.